The third-order valence-electron chi connectivity index (χ3n) is 1.36. The van der Waals surface area contributed by atoms with Gasteiger partial charge in [-0.25, -0.2) is 0 Å². The molecule has 0 bridgehead atoms. The summed E-state index contributed by atoms with van der Waals surface area (Å²) in [6.45, 7) is 1.66. The van der Waals surface area contributed by atoms with Gasteiger partial charge in [0.25, 0.3) is 0 Å². The first-order chi connectivity index (χ1) is 4.97. The van der Waals surface area contributed by atoms with Crippen LogP contribution in [0.15, 0.2) is 24.5 Å². The standard InChI is InChI=1S/C8H6NO/c1-2-7-6-9-4-3-8(7)10-5-1/h1-6H. The van der Waals surface area contributed by atoms with Gasteiger partial charge in [-0.3, -0.25) is 4.98 Å². The summed E-state index contributed by atoms with van der Waals surface area (Å²) < 4.78 is 5.17. The van der Waals surface area contributed by atoms with Gasteiger partial charge in [0.2, 0.25) is 0 Å². The van der Waals surface area contributed by atoms with Crippen LogP contribution in [-0.2, 0) is 0 Å². The second-order valence-electron chi connectivity index (χ2n) is 2.03. The van der Waals surface area contributed by atoms with E-state index in [-0.39, 0.29) is 0 Å². The van der Waals surface area contributed by atoms with Crippen molar-refractivity contribution in [2.75, 3.05) is 0 Å². The average molecular weight is 132 g/mol. The van der Waals surface area contributed by atoms with Crippen molar-refractivity contribution in [1.29, 1.82) is 0 Å². The average Bonchev–Trinajstić information content (AvgIpc) is 2.05. The summed E-state index contributed by atoms with van der Waals surface area (Å²) in [6, 6.07) is 1.84. The molecule has 0 saturated heterocycles. The summed E-state index contributed by atoms with van der Waals surface area (Å²) in [5.41, 5.74) is 1.03. The van der Waals surface area contributed by atoms with Crippen molar-refractivity contribution < 1.29 is 4.74 Å². The first kappa shape index (κ1) is 5.47. The van der Waals surface area contributed by atoms with Crippen molar-refractivity contribution in [3.8, 4) is 5.75 Å². The molecule has 0 unspecified atom stereocenters. The molecule has 2 rings (SSSR count). The van der Waals surface area contributed by atoms with E-state index in [0.29, 0.717) is 0 Å². The van der Waals surface area contributed by atoms with E-state index >= 15 is 0 Å². The minimum Gasteiger partial charge on any atom is -0.481 e. The van der Waals surface area contributed by atoms with E-state index in [9.17, 15) is 0 Å². The van der Waals surface area contributed by atoms with Crippen LogP contribution in [0.2, 0.25) is 0 Å². The second kappa shape index (κ2) is 2.14. The molecule has 49 valence electrons. The minimum absolute atomic E-state index is 0.873. The van der Waals surface area contributed by atoms with Crippen molar-refractivity contribution >= 4 is 6.08 Å². The summed E-state index contributed by atoms with van der Waals surface area (Å²) in [5, 5.41) is 0. The van der Waals surface area contributed by atoms with Gasteiger partial charge in [0, 0.05) is 18.0 Å². The highest BCUT2D eigenvalue weighted by Crippen LogP contribution is 2.22. The summed E-state index contributed by atoms with van der Waals surface area (Å²) >= 11 is 0. The van der Waals surface area contributed by atoms with Crippen molar-refractivity contribution in [2.45, 2.75) is 0 Å². The zero-order valence-corrected chi connectivity index (χ0v) is 5.32. The van der Waals surface area contributed by atoms with Crippen molar-refractivity contribution in [3.05, 3.63) is 36.7 Å². The zero-order valence-electron chi connectivity index (χ0n) is 5.32. The van der Waals surface area contributed by atoms with Gasteiger partial charge in [-0.2, -0.15) is 0 Å². The van der Waals surface area contributed by atoms with Crippen LogP contribution >= 0.6 is 0 Å². The quantitative estimate of drug-likeness (QED) is 0.535. The van der Waals surface area contributed by atoms with Gasteiger partial charge in [-0.05, 0) is 18.2 Å². The number of ether oxygens (including phenoxy) is 1. The molecule has 0 saturated carbocycles. The van der Waals surface area contributed by atoms with Gasteiger partial charge >= 0.3 is 0 Å². The molecule has 1 aromatic rings. The van der Waals surface area contributed by atoms with Crippen LogP contribution in [0.3, 0.4) is 0 Å². The monoisotopic (exact) mass is 132 g/mol. The third-order valence-corrected chi connectivity index (χ3v) is 1.36. The minimum atomic E-state index is 0.873. The van der Waals surface area contributed by atoms with Crippen LogP contribution in [0.5, 0.6) is 5.75 Å². The smallest absolute Gasteiger partial charge is 0.158 e. The van der Waals surface area contributed by atoms with Crippen LogP contribution in [-0.4, -0.2) is 4.98 Å². The Morgan fingerprint density at radius 3 is 3.30 bits per heavy atom. The molecule has 1 aliphatic rings. The Hall–Kier alpha value is -1.31. The van der Waals surface area contributed by atoms with E-state index in [4.69, 9.17) is 4.74 Å². The number of pyridine rings is 1. The largest absolute Gasteiger partial charge is 0.481 e. The molecule has 0 amide bonds. The van der Waals surface area contributed by atoms with E-state index in [0.717, 1.165) is 11.3 Å². The lowest BCUT2D eigenvalue weighted by Gasteiger charge is -2.08. The Morgan fingerprint density at radius 1 is 1.40 bits per heavy atom. The number of rotatable bonds is 0. The maximum absolute atomic E-state index is 5.17. The molecule has 2 heterocycles. The summed E-state index contributed by atoms with van der Waals surface area (Å²) in [7, 11) is 0. The lowest BCUT2D eigenvalue weighted by Crippen LogP contribution is -1.94. The van der Waals surface area contributed by atoms with Crippen molar-refractivity contribution in [3.63, 3.8) is 0 Å². The number of nitrogens with zero attached hydrogens (tertiary/aromatic N) is 1. The molecule has 2 nitrogen and oxygen atoms in total. The van der Waals surface area contributed by atoms with Crippen LogP contribution in [0, 0.1) is 6.61 Å². The lowest BCUT2D eigenvalue weighted by atomic mass is 10.2. The molecule has 2 heteroatoms. The van der Waals surface area contributed by atoms with Gasteiger partial charge in [-0.1, -0.05) is 0 Å². The fraction of sp³-hybridized carbons (Fsp3) is 0. The molecule has 10 heavy (non-hydrogen) atoms. The molecular weight excluding hydrogens is 126 g/mol. The lowest BCUT2D eigenvalue weighted by molar-refractivity contribution is 0.429. The molecule has 1 aromatic heterocycles. The van der Waals surface area contributed by atoms with Gasteiger partial charge in [0.1, 0.15) is 5.75 Å². The number of fused-ring (bicyclic) bond motifs is 1. The normalized spacial score (nSPS) is 14.0. The zero-order chi connectivity index (χ0) is 6.81. The Balaban J connectivity index is 2.54. The van der Waals surface area contributed by atoms with Gasteiger partial charge < -0.3 is 4.74 Å². The topological polar surface area (TPSA) is 22.1 Å². The molecule has 1 radical (unpaired) electrons. The second-order valence-corrected chi connectivity index (χ2v) is 2.03. The molecular formula is C8H6NO. The van der Waals surface area contributed by atoms with E-state index in [1.807, 2.05) is 18.2 Å². The molecule has 0 aliphatic carbocycles. The summed E-state index contributed by atoms with van der Waals surface area (Å²) in [6.07, 6.45) is 7.31. The van der Waals surface area contributed by atoms with E-state index in [1.54, 1.807) is 19.0 Å². The Labute approximate surface area is 59.2 Å². The fourth-order valence-corrected chi connectivity index (χ4v) is 0.882. The predicted octanol–water partition coefficient (Wildman–Crippen LogP) is 1.65. The van der Waals surface area contributed by atoms with Crippen LogP contribution < -0.4 is 4.74 Å². The third kappa shape index (κ3) is 0.778. The Bertz CT molecular complexity index is 268. The van der Waals surface area contributed by atoms with Crippen molar-refractivity contribution in [2.24, 2.45) is 0 Å². The summed E-state index contributed by atoms with van der Waals surface area (Å²) in [4.78, 5) is 3.95. The molecule has 1 aliphatic heterocycles. The maximum atomic E-state index is 5.17. The molecule has 0 aromatic carbocycles. The number of aromatic nitrogens is 1. The van der Waals surface area contributed by atoms with E-state index in [2.05, 4.69) is 4.98 Å². The highest BCUT2D eigenvalue weighted by Gasteiger charge is 2.02. The van der Waals surface area contributed by atoms with Gasteiger partial charge in [0.05, 0.1) is 0 Å². The highest BCUT2D eigenvalue weighted by molar-refractivity contribution is 5.58. The molecule has 0 spiro atoms. The first-order valence-corrected chi connectivity index (χ1v) is 3.07. The van der Waals surface area contributed by atoms with Crippen LogP contribution in [0.25, 0.3) is 6.08 Å². The Morgan fingerprint density at radius 2 is 2.40 bits per heavy atom. The van der Waals surface area contributed by atoms with Crippen LogP contribution in [0.4, 0.5) is 0 Å². The SMILES string of the molecule is [CH]1C=Cc2cnccc2O1. The molecule has 0 atom stereocenters. The number of hydrogen-bond acceptors (Lipinski definition) is 2. The van der Waals surface area contributed by atoms with Crippen molar-refractivity contribution in [1.82, 2.24) is 4.98 Å². The maximum Gasteiger partial charge on any atom is 0.158 e. The van der Waals surface area contributed by atoms with Crippen LogP contribution in [0.1, 0.15) is 5.56 Å². The highest BCUT2D eigenvalue weighted by atomic mass is 16.5. The first-order valence-electron chi connectivity index (χ1n) is 3.07. The molecule has 0 N–H and O–H groups in total. The van der Waals surface area contributed by atoms with E-state index < -0.39 is 0 Å². The number of hydrogen-bond donors (Lipinski definition) is 0. The van der Waals surface area contributed by atoms with E-state index in [1.165, 1.54) is 0 Å². The molecule has 0 fully saturated rings. The van der Waals surface area contributed by atoms with Gasteiger partial charge in [-0.15, -0.1) is 0 Å². The summed E-state index contributed by atoms with van der Waals surface area (Å²) in [5.74, 6) is 0.873. The fourth-order valence-electron chi connectivity index (χ4n) is 0.882. The van der Waals surface area contributed by atoms with Gasteiger partial charge in [0.15, 0.2) is 6.61 Å². The predicted molar refractivity (Wildman–Crippen MR) is 38.2 cm³/mol. The Kier molecular flexibility index (Phi) is 1.17.